The number of unbranched alkanes of at least 4 members (excludes halogenated alkanes) is 1. The number of aliphatic hydroxyl groups excluding tert-OH is 1. The molecule has 5 saturated heterocycles. The van der Waals surface area contributed by atoms with E-state index in [1.54, 1.807) is 39.5 Å². The van der Waals surface area contributed by atoms with Gasteiger partial charge in [0.15, 0.2) is 0 Å². The fraction of sp³-hybridized carbons (Fsp3) is 0.735. The van der Waals surface area contributed by atoms with Gasteiger partial charge in [0.1, 0.15) is 66.5 Å². The van der Waals surface area contributed by atoms with Crippen LogP contribution in [0.1, 0.15) is 165 Å². The highest BCUT2D eigenvalue weighted by Gasteiger charge is 2.47. The molecule has 16 atom stereocenters. The van der Waals surface area contributed by atoms with Crippen molar-refractivity contribution < 1.29 is 120 Å². The number of phosphoric ester groups is 1. The first kappa shape index (κ1) is 93.3. The van der Waals surface area contributed by atoms with E-state index in [2.05, 4.69) is 63.8 Å². The molecule has 17 amide bonds. The first-order valence-corrected chi connectivity index (χ1v) is 40.0. The van der Waals surface area contributed by atoms with Gasteiger partial charge in [-0.2, -0.15) is 11.8 Å². The molecule has 5 aliphatic rings. The van der Waals surface area contributed by atoms with E-state index in [-0.39, 0.29) is 100 Å². The Kier molecular flexibility index (Phi) is 36.3. The number of nitrogens with one attached hydrogen (secondary N) is 12. The number of carboxylic acids is 2. The van der Waals surface area contributed by atoms with Crippen molar-refractivity contribution in [3.8, 4) is 0 Å². The number of carbonyl (C=O) groups excluding carboxylic acids is 16. The van der Waals surface area contributed by atoms with E-state index in [4.69, 9.17) is 16.0 Å². The van der Waals surface area contributed by atoms with Gasteiger partial charge in [0.25, 0.3) is 0 Å². The van der Waals surface area contributed by atoms with E-state index in [0.717, 1.165) is 40.7 Å². The molecule has 0 spiro atoms. The second-order valence-corrected chi connectivity index (χ2v) is 32.3. The maximum absolute atomic E-state index is 14.8. The molecule has 0 unspecified atom stereocenters. The van der Waals surface area contributed by atoms with Crippen LogP contribution < -0.4 is 75.3 Å². The lowest BCUT2D eigenvalue weighted by Gasteiger charge is -2.34. The van der Waals surface area contributed by atoms with E-state index in [1.165, 1.54) is 13.8 Å². The molecule has 21 N–H and O–H groups in total. The van der Waals surface area contributed by atoms with Crippen molar-refractivity contribution in [2.45, 2.75) is 261 Å². The van der Waals surface area contributed by atoms with Crippen molar-refractivity contribution in [3.05, 3.63) is 0 Å². The average molecular weight is 1630 g/mol. The minimum atomic E-state index is -5.49. The second-order valence-electron chi connectivity index (χ2n) is 29.8. The molecule has 5 heterocycles. The zero-order chi connectivity index (χ0) is 83.8. The smallest absolute Gasteiger partial charge is 0.469 e. The molecule has 628 valence electrons. The molecule has 44 heteroatoms. The molecule has 0 radical (unpaired) electrons. The van der Waals surface area contributed by atoms with Gasteiger partial charge in [0.2, 0.25) is 88.6 Å². The molecule has 112 heavy (non-hydrogen) atoms. The Morgan fingerprint density at radius 3 is 1.60 bits per heavy atom. The van der Waals surface area contributed by atoms with E-state index < -0.39 is 244 Å². The minimum Gasteiger partial charge on any atom is -0.481 e. The maximum atomic E-state index is 14.8. The highest BCUT2D eigenvalue weighted by Crippen LogP contribution is 2.39. The number of primary amides is 2. The third-order valence-electron chi connectivity index (χ3n) is 19.5. The summed E-state index contributed by atoms with van der Waals surface area (Å²) >= 11 is 1.75. The van der Waals surface area contributed by atoms with Gasteiger partial charge in [-0.3, -0.25) is 86.0 Å². The van der Waals surface area contributed by atoms with Gasteiger partial charge >= 0.3 is 25.8 Å². The Morgan fingerprint density at radius 1 is 0.545 bits per heavy atom. The van der Waals surface area contributed by atoms with Crippen LogP contribution in [0.15, 0.2) is 0 Å². The zero-order valence-corrected chi connectivity index (χ0v) is 65.7. The number of likely N-dealkylation sites (tertiary alicyclic amines) is 3. The average Bonchev–Trinajstić information content (AvgIpc) is 1.63. The van der Waals surface area contributed by atoms with Gasteiger partial charge in [0, 0.05) is 49.9 Å². The summed E-state index contributed by atoms with van der Waals surface area (Å²) in [5.74, 6) is -18.0. The Labute approximate surface area is 650 Å². The maximum Gasteiger partial charge on any atom is 0.469 e. The number of nitrogens with two attached hydrogens (primary N) is 2. The number of carbonyl (C=O) groups is 18. The molecule has 0 saturated carbocycles. The van der Waals surface area contributed by atoms with Gasteiger partial charge in [0.05, 0.1) is 43.8 Å². The summed E-state index contributed by atoms with van der Waals surface area (Å²) in [6, 6.07) is -17.8. The second kappa shape index (κ2) is 43.6. The number of phosphoric acid groups is 1. The normalized spacial score (nSPS) is 21.3. The Hall–Kier alpha value is -9.32. The molecule has 0 aromatic carbocycles. The number of urea groups is 1. The number of fused-ring (bicyclic) bond motifs is 1. The van der Waals surface area contributed by atoms with Crippen LogP contribution in [-0.2, 0) is 90.6 Å². The van der Waals surface area contributed by atoms with Crippen LogP contribution in [0, 0.1) is 17.8 Å². The van der Waals surface area contributed by atoms with Gasteiger partial charge in [-0.15, -0.1) is 0 Å². The van der Waals surface area contributed by atoms with Gasteiger partial charge in [-0.1, -0.05) is 48.0 Å². The van der Waals surface area contributed by atoms with Crippen molar-refractivity contribution in [1.82, 2.24) is 78.5 Å². The van der Waals surface area contributed by atoms with Gasteiger partial charge in [-0.05, 0) is 109 Å². The summed E-state index contributed by atoms with van der Waals surface area (Å²) in [5, 5.41) is 60.2. The number of rotatable bonds is 45. The van der Waals surface area contributed by atoms with Crippen LogP contribution in [0.5, 0.6) is 0 Å². The predicted octanol–water partition coefficient (Wildman–Crippen LogP) is -5.49. The number of aliphatic hydroxyl groups is 1. The topological polar surface area (TPSA) is 641 Å². The van der Waals surface area contributed by atoms with E-state index in [1.807, 2.05) is 0 Å². The molecule has 5 rings (SSSR count). The molecule has 5 fully saturated rings. The van der Waals surface area contributed by atoms with Crippen molar-refractivity contribution >= 4 is 126 Å². The summed E-state index contributed by atoms with van der Waals surface area (Å²) in [4.78, 5) is 264. The van der Waals surface area contributed by atoms with Crippen LogP contribution in [0.2, 0.25) is 0 Å². The van der Waals surface area contributed by atoms with Crippen molar-refractivity contribution in [2.24, 2.45) is 29.2 Å². The largest absolute Gasteiger partial charge is 0.481 e. The van der Waals surface area contributed by atoms with Gasteiger partial charge < -0.3 is 115 Å². The summed E-state index contributed by atoms with van der Waals surface area (Å²) < 4.78 is 17.3. The summed E-state index contributed by atoms with van der Waals surface area (Å²) in [6.07, 6.45) is -4.45. The fourth-order valence-electron chi connectivity index (χ4n) is 13.8. The van der Waals surface area contributed by atoms with Crippen molar-refractivity contribution in [3.63, 3.8) is 0 Å². The first-order chi connectivity index (χ1) is 52.5. The molecule has 42 nitrogen and oxygen atoms in total. The van der Waals surface area contributed by atoms with Crippen LogP contribution in [0.25, 0.3) is 0 Å². The Bertz CT molecular complexity index is 3510. The summed E-state index contributed by atoms with van der Waals surface area (Å²) in [6.45, 7) is 10.4. The van der Waals surface area contributed by atoms with Crippen LogP contribution in [-0.4, -0.2) is 281 Å². The molecule has 5 aliphatic heterocycles. The number of aliphatic carboxylic acids is 2. The molecule has 0 aromatic heterocycles. The standard InChI is InChI=1S/C68H110N17O25PS/c1-32(2)26-39(57(70)95)75-59(97)41(28-52(93)94)77-65(103)54(35(7)86)80-64(102)53(34(5)6)79-63(101)45-16-13-25-85(45)67(105)55(36(8)110-111(107,108)109)81-60(98)40(27-33(3)4)76-62(100)44-15-12-24-84(44)66(104)38(19-21-47(69)87)74-58(96)37(20-22-51(91)92)73-61(99)43-14-11-23-83(43)50(90)30-72-49(89)29-71-48(88)18-10-9-17-46-56-42(31-112-46)78-68(106)82-56/h32-46,53-56,86H,9-31H2,1-8H3,(H2,69,87)(H2,70,95)(H,71,88)(H,72,89)(H,73,99)(H,74,96)(H,75,97)(H,76,100)(H,77,103)(H,79,101)(H,80,102)(H,81,98)(H,91,92)(H,93,94)(H2,78,82,106)(H2,107,108,109)/t35-,36-,37+,38+,39+,40+,41+,42+,43+,44+,45+,46+,53+,54+,55+,56+/m1/s1. The summed E-state index contributed by atoms with van der Waals surface area (Å²) in [5.41, 5.74) is 10.9. The number of carboxylic acid groups (broad SMARTS) is 2. The highest BCUT2D eigenvalue weighted by molar-refractivity contribution is 8.00. The number of thioether (sulfide) groups is 1. The van der Waals surface area contributed by atoms with Crippen molar-refractivity contribution in [1.29, 1.82) is 0 Å². The number of hydrogen-bond donors (Lipinski definition) is 19. The lowest BCUT2D eigenvalue weighted by molar-refractivity contribution is -0.145. The van der Waals surface area contributed by atoms with Crippen LogP contribution in [0.3, 0.4) is 0 Å². The lowest BCUT2D eigenvalue weighted by atomic mass is 10.0. The zero-order valence-electron chi connectivity index (χ0n) is 64.0. The van der Waals surface area contributed by atoms with E-state index in [9.17, 15) is 116 Å². The van der Waals surface area contributed by atoms with E-state index in [0.29, 0.717) is 19.3 Å². The molecular weight excluding hydrogens is 1520 g/mol. The summed E-state index contributed by atoms with van der Waals surface area (Å²) in [7, 11) is -5.49. The first-order valence-electron chi connectivity index (χ1n) is 37.5. The third-order valence-corrected chi connectivity index (χ3v) is 21.6. The van der Waals surface area contributed by atoms with E-state index >= 15 is 0 Å². The Balaban J connectivity index is 1.25. The van der Waals surface area contributed by atoms with Crippen LogP contribution in [0.4, 0.5) is 4.79 Å². The Morgan fingerprint density at radius 2 is 1.04 bits per heavy atom. The predicted molar refractivity (Wildman–Crippen MR) is 394 cm³/mol. The SMILES string of the molecule is CC(C)C[C@H](NC(=O)[C@H](CC(=O)O)NC(=O)[C@@H](NC(=O)[C@@H](NC(=O)[C@@H]1CCCN1C(=O)[C@@H](NC(=O)[C@H](CC(C)C)NC(=O)[C@@H]1CCCN1C(=O)[C@H](CCC(N)=O)NC(=O)[C@H](CCC(=O)O)NC(=O)[C@@H]1CCCN1C(=O)CNC(=O)CNC(=O)CCCC[C@@H]1SC[C@@H]2NC(=O)N[C@@H]21)[C@@H](C)OP(=O)(O)O)C(C)C)[C@@H](C)O)C(N)=O. The monoisotopic (exact) mass is 1630 g/mol. The lowest BCUT2D eigenvalue weighted by Crippen LogP contribution is -2.63. The quantitative estimate of drug-likeness (QED) is 0.0154. The fourth-order valence-corrected chi connectivity index (χ4v) is 15.9. The third kappa shape index (κ3) is 29.0. The number of hydrogen-bond acceptors (Lipinski definition) is 22. The van der Waals surface area contributed by atoms with Gasteiger partial charge in [-0.25, -0.2) is 9.36 Å². The molecule has 0 aromatic rings. The number of amides is 17. The van der Waals surface area contributed by atoms with Crippen molar-refractivity contribution in [2.75, 3.05) is 38.5 Å². The van der Waals surface area contributed by atoms with Crippen LogP contribution >= 0.6 is 19.6 Å². The molecule has 0 aliphatic carbocycles. The highest BCUT2D eigenvalue weighted by atomic mass is 32.2. The molecule has 0 bridgehead atoms. The molecular formula is C68H110N17O25PS. The minimum absolute atomic E-state index is 0.0236. The number of nitrogens with zero attached hydrogens (tertiary/aromatic N) is 3.